The molecule has 1 aliphatic rings. The molecule has 1 aliphatic carbocycles. The number of nitrogens with zero attached hydrogens (tertiary/aromatic N) is 1. The molecular weight excluding hydrogens is 288 g/mol. The van der Waals surface area contributed by atoms with Gasteiger partial charge in [-0.05, 0) is 42.7 Å². The third kappa shape index (κ3) is 3.97. The molecule has 1 N–H and O–H groups in total. The third-order valence-electron chi connectivity index (χ3n) is 3.96. The highest BCUT2D eigenvalue weighted by molar-refractivity contribution is 5.96. The van der Waals surface area contributed by atoms with E-state index in [0.29, 0.717) is 12.1 Å². The Morgan fingerprint density at radius 3 is 2.30 bits per heavy atom. The zero-order valence-electron chi connectivity index (χ0n) is 13.2. The molecule has 4 nitrogen and oxygen atoms in total. The monoisotopic (exact) mass is 308 g/mol. The fraction of sp³-hybridized carbons (Fsp3) is 0.263. The first-order valence-electron chi connectivity index (χ1n) is 7.84. The molecule has 2 aromatic rings. The van der Waals surface area contributed by atoms with Crippen LogP contribution in [0.2, 0.25) is 0 Å². The molecule has 0 aromatic heterocycles. The average molecular weight is 308 g/mol. The van der Waals surface area contributed by atoms with Crippen LogP contribution in [0, 0.1) is 5.92 Å². The van der Waals surface area contributed by atoms with E-state index in [0.717, 1.165) is 24.1 Å². The van der Waals surface area contributed by atoms with Crippen LogP contribution in [0.3, 0.4) is 0 Å². The van der Waals surface area contributed by atoms with Crippen molar-refractivity contribution in [2.75, 3.05) is 12.4 Å². The summed E-state index contributed by atoms with van der Waals surface area (Å²) in [7, 11) is 1.79. The highest BCUT2D eigenvalue weighted by atomic mass is 16.2. The minimum absolute atomic E-state index is 0.0334. The normalized spacial score (nSPS) is 13.4. The molecule has 0 unspecified atom stereocenters. The summed E-state index contributed by atoms with van der Waals surface area (Å²) in [6.07, 6.45) is 1.96. The number of carbonyl (C=O) groups excluding carboxylic acids is 2. The van der Waals surface area contributed by atoms with Gasteiger partial charge >= 0.3 is 0 Å². The number of hydrogen-bond donors (Lipinski definition) is 1. The third-order valence-corrected chi connectivity index (χ3v) is 3.96. The summed E-state index contributed by atoms with van der Waals surface area (Å²) in [4.78, 5) is 25.8. The lowest BCUT2D eigenvalue weighted by molar-refractivity contribution is -0.117. The van der Waals surface area contributed by atoms with E-state index >= 15 is 0 Å². The second-order valence-corrected chi connectivity index (χ2v) is 5.99. The molecule has 2 amide bonds. The van der Waals surface area contributed by atoms with Crippen molar-refractivity contribution in [3.05, 3.63) is 65.7 Å². The summed E-state index contributed by atoms with van der Waals surface area (Å²) < 4.78 is 0. The molecule has 118 valence electrons. The van der Waals surface area contributed by atoms with E-state index in [-0.39, 0.29) is 17.7 Å². The van der Waals surface area contributed by atoms with Gasteiger partial charge in [0.25, 0.3) is 5.91 Å². The van der Waals surface area contributed by atoms with Gasteiger partial charge in [-0.25, -0.2) is 0 Å². The van der Waals surface area contributed by atoms with Gasteiger partial charge in [0, 0.05) is 30.8 Å². The van der Waals surface area contributed by atoms with Gasteiger partial charge < -0.3 is 10.2 Å². The summed E-state index contributed by atoms with van der Waals surface area (Å²) in [5.74, 6) is 0.215. The molecule has 23 heavy (non-hydrogen) atoms. The Kier molecular flexibility index (Phi) is 4.42. The van der Waals surface area contributed by atoms with Crippen LogP contribution in [-0.4, -0.2) is 23.8 Å². The molecule has 0 radical (unpaired) electrons. The Balaban J connectivity index is 1.61. The summed E-state index contributed by atoms with van der Waals surface area (Å²) in [6.45, 7) is 0.569. The first-order chi connectivity index (χ1) is 11.1. The van der Waals surface area contributed by atoms with Crippen LogP contribution in [0.4, 0.5) is 5.69 Å². The molecule has 0 saturated heterocycles. The van der Waals surface area contributed by atoms with Crippen LogP contribution in [0.15, 0.2) is 54.6 Å². The minimum atomic E-state index is -0.0334. The summed E-state index contributed by atoms with van der Waals surface area (Å²) in [5, 5.41) is 2.88. The van der Waals surface area contributed by atoms with Crippen LogP contribution >= 0.6 is 0 Å². The Morgan fingerprint density at radius 1 is 1.04 bits per heavy atom. The van der Waals surface area contributed by atoms with E-state index in [9.17, 15) is 9.59 Å². The lowest BCUT2D eigenvalue weighted by atomic mass is 10.1. The molecule has 2 aromatic carbocycles. The van der Waals surface area contributed by atoms with E-state index in [1.54, 1.807) is 36.2 Å². The summed E-state index contributed by atoms with van der Waals surface area (Å²) >= 11 is 0. The number of hydrogen-bond acceptors (Lipinski definition) is 2. The van der Waals surface area contributed by atoms with E-state index in [1.165, 1.54) is 0 Å². The van der Waals surface area contributed by atoms with Gasteiger partial charge in [0.05, 0.1) is 0 Å². The van der Waals surface area contributed by atoms with Crippen LogP contribution < -0.4 is 5.32 Å². The molecule has 1 saturated carbocycles. The lowest BCUT2D eigenvalue weighted by Gasteiger charge is -2.17. The van der Waals surface area contributed by atoms with Gasteiger partial charge in [0.15, 0.2) is 0 Å². The molecular formula is C19H20N2O2. The van der Waals surface area contributed by atoms with Crippen molar-refractivity contribution >= 4 is 17.5 Å². The molecule has 0 atom stereocenters. The van der Waals surface area contributed by atoms with Crippen LogP contribution in [-0.2, 0) is 11.3 Å². The van der Waals surface area contributed by atoms with Crippen molar-refractivity contribution in [3.8, 4) is 0 Å². The van der Waals surface area contributed by atoms with Crippen molar-refractivity contribution < 1.29 is 9.59 Å². The fourth-order valence-electron chi connectivity index (χ4n) is 2.44. The highest BCUT2D eigenvalue weighted by Gasteiger charge is 2.29. The van der Waals surface area contributed by atoms with Crippen molar-refractivity contribution in [2.24, 2.45) is 5.92 Å². The Bertz CT molecular complexity index is 691. The lowest BCUT2D eigenvalue weighted by Crippen LogP contribution is -2.26. The molecule has 3 rings (SSSR count). The largest absolute Gasteiger partial charge is 0.337 e. The number of nitrogens with one attached hydrogen (secondary N) is 1. The molecule has 0 spiro atoms. The zero-order chi connectivity index (χ0) is 16.2. The second-order valence-electron chi connectivity index (χ2n) is 5.99. The topological polar surface area (TPSA) is 49.4 Å². The van der Waals surface area contributed by atoms with E-state index in [2.05, 4.69) is 5.32 Å². The van der Waals surface area contributed by atoms with Crippen molar-refractivity contribution in [1.82, 2.24) is 4.90 Å². The van der Waals surface area contributed by atoms with Gasteiger partial charge in [0.1, 0.15) is 0 Å². The summed E-state index contributed by atoms with van der Waals surface area (Å²) in [5.41, 5.74) is 2.45. The first kappa shape index (κ1) is 15.3. The SMILES string of the molecule is CN(Cc1ccccc1)C(=O)c1ccc(NC(=O)C2CC2)cc1. The van der Waals surface area contributed by atoms with Crippen molar-refractivity contribution in [1.29, 1.82) is 0 Å². The van der Waals surface area contributed by atoms with Crippen LogP contribution in [0.1, 0.15) is 28.8 Å². The van der Waals surface area contributed by atoms with Crippen LogP contribution in [0.5, 0.6) is 0 Å². The molecule has 4 heteroatoms. The van der Waals surface area contributed by atoms with Crippen molar-refractivity contribution in [3.63, 3.8) is 0 Å². The van der Waals surface area contributed by atoms with E-state index in [4.69, 9.17) is 0 Å². The van der Waals surface area contributed by atoms with E-state index < -0.39 is 0 Å². The molecule has 0 bridgehead atoms. The number of rotatable bonds is 5. The molecule has 0 aliphatic heterocycles. The number of anilines is 1. The number of amides is 2. The van der Waals surface area contributed by atoms with Crippen LogP contribution in [0.25, 0.3) is 0 Å². The zero-order valence-corrected chi connectivity index (χ0v) is 13.2. The molecule has 0 heterocycles. The van der Waals surface area contributed by atoms with Crippen molar-refractivity contribution in [2.45, 2.75) is 19.4 Å². The average Bonchev–Trinajstić information content (AvgIpc) is 3.41. The quantitative estimate of drug-likeness (QED) is 0.921. The Hall–Kier alpha value is -2.62. The smallest absolute Gasteiger partial charge is 0.253 e. The predicted molar refractivity (Wildman–Crippen MR) is 90.0 cm³/mol. The Labute approximate surface area is 136 Å². The predicted octanol–water partition coefficient (Wildman–Crippen LogP) is 3.31. The standard InChI is InChI=1S/C19H20N2O2/c1-21(13-14-5-3-2-4-6-14)19(23)16-9-11-17(12-10-16)20-18(22)15-7-8-15/h2-6,9-12,15H,7-8,13H2,1H3,(H,20,22). The number of carbonyl (C=O) groups is 2. The molecule has 1 fully saturated rings. The van der Waals surface area contributed by atoms with Gasteiger partial charge in [-0.15, -0.1) is 0 Å². The maximum absolute atomic E-state index is 12.4. The maximum Gasteiger partial charge on any atom is 0.253 e. The highest BCUT2D eigenvalue weighted by Crippen LogP contribution is 2.30. The fourth-order valence-corrected chi connectivity index (χ4v) is 2.44. The van der Waals surface area contributed by atoms with Gasteiger partial charge in [0.2, 0.25) is 5.91 Å². The maximum atomic E-state index is 12.4. The van der Waals surface area contributed by atoms with E-state index in [1.807, 2.05) is 30.3 Å². The number of benzene rings is 2. The minimum Gasteiger partial charge on any atom is -0.337 e. The van der Waals surface area contributed by atoms with Gasteiger partial charge in [-0.3, -0.25) is 9.59 Å². The summed E-state index contributed by atoms with van der Waals surface area (Å²) in [6, 6.07) is 17.0. The second kappa shape index (κ2) is 6.65. The van der Waals surface area contributed by atoms with Gasteiger partial charge in [-0.1, -0.05) is 30.3 Å². The first-order valence-corrected chi connectivity index (χ1v) is 7.84. The Morgan fingerprint density at radius 2 is 1.70 bits per heavy atom. The van der Waals surface area contributed by atoms with Gasteiger partial charge in [-0.2, -0.15) is 0 Å².